The normalized spacial score (nSPS) is 24.6. The molecular formula is C21H30O3. The third-order valence-corrected chi connectivity index (χ3v) is 5.72. The molecule has 0 amide bonds. The Labute approximate surface area is 145 Å². The fraction of sp³-hybridized carbons (Fsp3) is 0.619. The van der Waals surface area contributed by atoms with Crippen LogP contribution in [-0.2, 0) is 6.42 Å². The SMILES string of the molecule is CCCCCc1cc(O)c2c(c1)OC(C)(C)[C@H]1CC=C(CO)C[C@H]21. The summed E-state index contributed by atoms with van der Waals surface area (Å²) >= 11 is 0. The molecule has 0 radical (unpaired) electrons. The van der Waals surface area contributed by atoms with Gasteiger partial charge in [0.1, 0.15) is 17.1 Å². The summed E-state index contributed by atoms with van der Waals surface area (Å²) in [4.78, 5) is 0. The van der Waals surface area contributed by atoms with E-state index in [1.54, 1.807) is 0 Å². The molecule has 2 atom stereocenters. The molecule has 2 aliphatic rings. The van der Waals surface area contributed by atoms with Gasteiger partial charge in [-0.1, -0.05) is 25.8 Å². The van der Waals surface area contributed by atoms with E-state index >= 15 is 0 Å². The van der Waals surface area contributed by atoms with E-state index in [4.69, 9.17) is 4.74 Å². The van der Waals surface area contributed by atoms with Crippen LogP contribution in [0.1, 0.15) is 69.9 Å². The van der Waals surface area contributed by atoms with Crippen LogP contribution in [0.15, 0.2) is 23.8 Å². The van der Waals surface area contributed by atoms with Gasteiger partial charge in [0.25, 0.3) is 0 Å². The van der Waals surface area contributed by atoms with Gasteiger partial charge in [-0.25, -0.2) is 0 Å². The van der Waals surface area contributed by atoms with E-state index in [1.165, 1.54) is 12.8 Å². The van der Waals surface area contributed by atoms with Gasteiger partial charge in [0.15, 0.2) is 0 Å². The van der Waals surface area contributed by atoms with Crippen LogP contribution < -0.4 is 4.74 Å². The number of aliphatic hydroxyl groups excluding tert-OH is 1. The molecule has 0 bridgehead atoms. The number of allylic oxidation sites excluding steroid dienone is 1. The minimum atomic E-state index is -0.260. The van der Waals surface area contributed by atoms with Gasteiger partial charge in [0.2, 0.25) is 0 Å². The Kier molecular flexibility index (Phi) is 4.91. The summed E-state index contributed by atoms with van der Waals surface area (Å²) < 4.78 is 6.33. The molecule has 0 fully saturated rings. The van der Waals surface area contributed by atoms with Crippen LogP contribution in [0, 0.1) is 5.92 Å². The second-order valence-electron chi connectivity index (χ2n) is 7.86. The number of aliphatic hydroxyl groups is 1. The molecule has 3 nitrogen and oxygen atoms in total. The zero-order valence-electron chi connectivity index (χ0n) is 15.1. The number of aromatic hydroxyl groups is 1. The highest BCUT2D eigenvalue weighted by atomic mass is 16.5. The van der Waals surface area contributed by atoms with Crippen molar-refractivity contribution in [1.82, 2.24) is 0 Å². The molecule has 0 saturated heterocycles. The standard InChI is InChI=1S/C21H30O3/c1-4-5-6-7-14-11-18(23)20-16-10-15(13-22)8-9-17(16)21(2,3)24-19(20)12-14/h8,11-12,16-17,22-23H,4-7,9-10,13H2,1-3H3/t16-,17-/m0/s1. The largest absolute Gasteiger partial charge is 0.508 e. The number of unbranched alkanes of at least 4 members (excludes halogenated alkanes) is 2. The van der Waals surface area contributed by atoms with Crippen molar-refractivity contribution in [2.24, 2.45) is 5.92 Å². The Morgan fingerprint density at radius 3 is 2.75 bits per heavy atom. The van der Waals surface area contributed by atoms with Gasteiger partial charge >= 0.3 is 0 Å². The lowest BCUT2D eigenvalue weighted by atomic mass is 9.67. The van der Waals surface area contributed by atoms with Gasteiger partial charge in [0.05, 0.1) is 6.61 Å². The van der Waals surface area contributed by atoms with Crippen LogP contribution in [0.2, 0.25) is 0 Å². The smallest absolute Gasteiger partial charge is 0.127 e. The van der Waals surface area contributed by atoms with Gasteiger partial charge in [-0.15, -0.1) is 0 Å². The Hall–Kier alpha value is -1.48. The number of phenolic OH excluding ortho intramolecular Hbond substituents is 1. The summed E-state index contributed by atoms with van der Waals surface area (Å²) in [5.41, 5.74) is 2.91. The molecule has 1 aromatic carbocycles. The quantitative estimate of drug-likeness (QED) is 0.607. The maximum absolute atomic E-state index is 10.7. The fourth-order valence-corrected chi connectivity index (χ4v) is 4.37. The highest BCUT2D eigenvalue weighted by Gasteiger charge is 2.45. The van der Waals surface area contributed by atoms with Crippen molar-refractivity contribution in [3.63, 3.8) is 0 Å². The second kappa shape index (κ2) is 6.79. The van der Waals surface area contributed by atoms with Crippen molar-refractivity contribution in [3.8, 4) is 11.5 Å². The number of hydrogen-bond donors (Lipinski definition) is 2. The summed E-state index contributed by atoms with van der Waals surface area (Å²) in [6.07, 6.45) is 8.37. The van der Waals surface area contributed by atoms with E-state index in [0.717, 1.165) is 48.1 Å². The van der Waals surface area contributed by atoms with E-state index in [-0.39, 0.29) is 18.1 Å². The van der Waals surface area contributed by atoms with E-state index in [0.29, 0.717) is 11.7 Å². The van der Waals surface area contributed by atoms with Crippen LogP contribution in [0.5, 0.6) is 11.5 Å². The van der Waals surface area contributed by atoms with Crippen molar-refractivity contribution in [2.75, 3.05) is 6.61 Å². The average molecular weight is 330 g/mol. The molecule has 1 aliphatic carbocycles. The number of rotatable bonds is 5. The minimum Gasteiger partial charge on any atom is -0.508 e. The number of phenols is 1. The maximum atomic E-state index is 10.7. The summed E-state index contributed by atoms with van der Waals surface area (Å²) in [6.45, 7) is 6.60. The predicted molar refractivity (Wildman–Crippen MR) is 96.7 cm³/mol. The maximum Gasteiger partial charge on any atom is 0.127 e. The topological polar surface area (TPSA) is 49.7 Å². The van der Waals surface area contributed by atoms with Crippen LogP contribution in [0.4, 0.5) is 0 Å². The molecule has 0 saturated carbocycles. The monoisotopic (exact) mass is 330 g/mol. The number of aryl methyl sites for hydroxylation is 1. The van der Waals surface area contributed by atoms with Gasteiger partial charge < -0.3 is 14.9 Å². The number of benzene rings is 1. The lowest BCUT2D eigenvalue weighted by molar-refractivity contribution is 0.00673. The molecule has 1 heterocycles. The number of hydrogen-bond acceptors (Lipinski definition) is 3. The molecule has 0 aromatic heterocycles. The van der Waals surface area contributed by atoms with Crippen molar-refractivity contribution >= 4 is 0 Å². The van der Waals surface area contributed by atoms with Crippen molar-refractivity contribution in [3.05, 3.63) is 34.9 Å². The molecular weight excluding hydrogens is 300 g/mol. The van der Waals surface area contributed by atoms with Gasteiger partial charge in [0, 0.05) is 17.4 Å². The summed E-state index contributed by atoms with van der Waals surface area (Å²) in [7, 11) is 0. The van der Waals surface area contributed by atoms with Crippen molar-refractivity contribution in [1.29, 1.82) is 0 Å². The van der Waals surface area contributed by atoms with Crippen LogP contribution in [0.3, 0.4) is 0 Å². The summed E-state index contributed by atoms with van der Waals surface area (Å²) in [6, 6.07) is 4.05. The molecule has 0 spiro atoms. The molecule has 2 N–H and O–H groups in total. The highest BCUT2D eigenvalue weighted by Crippen LogP contribution is 2.54. The molecule has 0 unspecified atom stereocenters. The molecule has 1 aliphatic heterocycles. The predicted octanol–water partition coefficient (Wildman–Crippen LogP) is 4.71. The highest BCUT2D eigenvalue weighted by molar-refractivity contribution is 5.52. The zero-order chi connectivity index (χ0) is 17.3. The molecule has 3 rings (SSSR count). The van der Waals surface area contributed by atoms with E-state index in [2.05, 4.69) is 32.9 Å². The third-order valence-electron chi connectivity index (χ3n) is 5.72. The van der Waals surface area contributed by atoms with Crippen LogP contribution >= 0.6 is 0 Å². The van der Waals surface area contributed by atoms with Gasteiger partial charge in [-0.3, -0.25) is 0 Å². The van der Waals surface area contributed by atoms with Crippen molar-refractivity contribution < 1.29 is 14.9 Å². The first kappa shape index (κ1) is 17.3. The van der Waals surface area contributed by atoms with E-state index in [1.807, 2.05) is 6.07 Å². The minimum absolute atomic E-state index is 0.107. The van der Waals surface area contributed by atoms with Crippen LogP contribution in [0.25, 0.3) is 0 Å². The van der Waals surface area contributed by atoms with Crippen LogP contribution in [-0.4, -0.2) is 22.4 Å². The molecule has 132 valence electrons. The Morgan fingerprint density at radius 1 is 1.25 bits per heavy atom. The van der Waals surface area contributed by atoms with E-state index in [9.17, 15) is 10.2 Å². The first-order valence-electron chi connectivity index (χ1n) is 9.29. The van der Waals surface area contributed by atoms with Gasteiger partial charge in [-0.2, -0.15) is 0 Å². The Balaban J connectivity index is 1.96. The zero-order valence-corrected chi connectivity index (χ0v) is 15.1. The van der Waals surface area contributed by atoms with Gasteiger partial charge in [-0.05, 0) is 62.8 Å². The third kappa shape index (κ3) is 3.19. The molecule has 1 aromatic rings. The Morgan fingerprint density at radius 2 is 2.04 bits per heavy atom. The lowest BCUT2D eigenvalue weighted by Gasteiger charge is -2.47. The molecule has 24 heavy (non-hydrogen) atoms. The number of ether oxygens (including phenoxy) is 1. The molecule has 3 heteroatoms. The summed E-state index contributed by atoms with van der Waals surface area (Å²) in [5, 5.41) is 20.2. The second-order valence-corrected chi connectivity index (χ2v) is 7.86. The Bertz CT molecular complexity index is 630. The average Bonchev–Trinajstić information content (AvgIpc) is 2.53. The first-order chi connectivity index (χ1) is 11.5. The summed E-state index contributed by atoms with van der Waals surface area (Å²) in [5.74, 6) is 1.76. The van der Waals surface area contributed by atoms with E-state index < -0.39 is 0 Å². The number of fused-ring (bicyclic) bond motifs is 3. The fourth-order valence-electron chi connectivity index (χ4n) is 4.37. The lowest BCUT2D eigenvalue weighted by Crippen LogP contribution is -2.45. The van der Waals surface area contributed by atoms with Crippen molar-refractivity contribution in [2.45, 2.75) is 70.8 Å². The first-order valence-corrected chi connectivity index (χ1v) is 9.29.